The van der Waals surface area contributed by atoms with Crippen LogP contribution in [0.4, 0.5) is 0 Å². The Morgan fingerprint density at radius 2 is 2.00 bits per heavy atom. The van der Waals surface area contributed by atoms with Gasteiger partial charge in [-0.2, -0.15) is 5.10 Å². The average molecular weight is 433 g/mol. The van der Waals surface area contributed by atoms with Crippen LogP contribution in [0.3, 0.4) is 0 Å². The zero-order valence-electron chi connectivity index (χ0n) is 16.9. The highest BCUT2D eigenvalue weighted by molar-refractivity contribution is 8.08. The van der Waals surface area contributed by atoms with Gasteiger partial charge >= 0.3 is 0 Å². The van der Waals surface area contributed by atoms with Crippen LogP contribution in [0.25, 0.3) is 10.9 Å². The molecule has 0 aliphatic carbocycles. The molecule has 0 bridgehead atoms. The molecule has 1 unspecified atom stereocenters. The summed E-state index contributed by atoms with van der Waals surface area (Å²) in [6.45, 7) is 0.444. The summed E-state index contributed by atoms with van der Waals surface area (Å²) in [5, 5.41) is 7.47. The van der Waals surface area contributed by atoms with Crippen LogP contribution in [-0.4, -0.2) is 38.9 Å². The van der Waals surface area contributed by atoms with E-state index in [4.69, 9.17) is 9.72 Å². The molecule has 31 heavy (non-hydrogen) atoms. The predicted molar refractivity (Wildman–Crippen MR) is 121 cm³/mol. The minimum atomic E-state index is -0.388. The molecule has 1 aliphatic heterocycles. The average Bonchev–Trinajstić information content (AvgIpc) is 3.29. The number of methoxy groups -OCH3 is 1. The molecule has 0 fully saturated rings. The quantitative estimate of drug-likeness (QED) is 0.474. The molecule has 0 saturated carbocycles. The summed E-state index contributed by atoms with van der Waals surface area (Å²) in [5.41, 5.74) is 2.32. The van der Waals surface area contributed by atoms with Crippen molar-refractivity contribution in [3.8, 4) is 5.75 Å². The topological polar surface area (TPSA) is 97.5 Å². The van der Waals surface area contributed by atoms with Gasteiger partial charge in [-0.1, -0.05) is 47.1 Å². The molecule has 0 saturated heterocycles. The molecule has 8 nitrogen and oxygen atoms in total. The fourth-order valence-electron chi connectivity index (χ4n) is 3.65. The Balaban J connectivity index is 1.62. The van der Waals surface area contributed by atoms with Crippen LogP contribution in [0.15, 0.2) is 68.9 Å². The van der Waals surface area contributed by atoms with Crippen molar-refractivity contribution in [3.63, 3.8) is 0 Å². The molecule has 0 spiro atoms. The fraction of sp³-hybridized carbons (Fsp3) is 0.182. The summed E-state index contributed by atoms with van der Waals surface area (Å²) in [6.07, 6.45) is 3.94. The first-order valence-electron chi connectivity index (χ1n) is 9.82. The Kier molecular flexibility index (Phi) is 5.17. The van der Waals surface area contributed by atoms with E-state index in [0.29, 0.717) is 29.6 Å². The highest BCUT2D eigenvalue weighted by atomic mass is 32.2. The van der Waals surface area contributed by atoms with E-state index in [1.54, 1.807) is 30.3 Å². The van der Waals surface area contributed by atoms with Crippen LogP contribution in [0, 0.1) is 4.51 Å². The van der Waals surface area contributed by atoms with E-state index in [1.165, 1.54) is 0 Å². The van der Waals surface area contributed by atoms with Gasteiger partial charge in [0, 0.05) is 12.2 Å². The van der Waals surface area contributed by atoms with Gasteiger partial charge in [-0.15, -0.1) is 0 Å². The second-order valence-electron chi connectivity index (χ2n) is 7.01. The van der Waals surface area contributed by atoms with Crippen LogP contribution in [0.1, 0.15) is 11.4 Å². The molecular formula is C22H20N6O2S. The number of hydrogen-bond donors (Lipinski definition) is 1. The molecule has 4 aromatic rings. The summed E-state index contributed by atoms with van der Waals surface area (Å²) in [6, 6.07) is 15.4. The van der Waals surface area contributed by atoms with E-state index in [-0.39, 0.29) is 16.2 Å². The van der Waals surface area contributed by atoms with E-state index in [0.717, 1.165) is 27.1 Å². The van der Waals surface area contributed by atoms with E-state index in [9.17, 15) is 4.79 Å². The lowest BCUT2D eigenvalue weighted by atomic mass is 10.2. The molecule has 1 atom stereocenters. The molecule has 156 valence electrons. The zero-order chi connectivity index (χ0) is 21.2. The van der Waals surface area contributed by atoms with Crippen molar-refractivity contribution < 1.29 is 4.74 Å². The first-order valence-corrected chi connectivity index (χ1v) is 11.2. The molecule has 0 radical (unpaired) electrons. The fourth-order valence-corrected chi connectivity index (χ4v) is 5.12. The Hall–Kier alpha value is -3.59. The second kappa shape index (κ2) is 8.27. The number of aromatic nitrogens is 4. The van der Waals surface area contributed by atoms with E-state index >= 15 is 0 Å². The van der Waals surface area contributed by atoms with Crippen LogP contribution in [0.2, 0.25) is 0 Å². The maximum absolute atomic E-state index is 13.5. The van der Waals surface area contributed by atoms with Crippen LogP contribution in [0.5, 0.6) is 5.75 Å². The van der Waals surface area contributed by atoms with Crippen molar-refractivity contribution in [1.82, 2.24) is 19.7 Å². The normalized spacial score (nSPS) is 14.9. The third-order valence-corrected chi connectivity index (χ3v) is 6.89. The summed E-state index contributed by atoms with van der Waals surface area (Å²) in [5.74, 6) is 1.98. The van der Waals surface area contributed by atoms with Crippen LogP contribution >= 0.6 is 10.7 Å². The van der Waals surface area contributed by atoms with Gasteiger partial charge in [-0.25, -0.2) is 14.4 Å². The van der Waals surface area contributed by atoms with Crippen molar-refractivity contribution in [1.29, 1.82) is 0 Å². The summed E-state index contributed by atoms with van der Waals surface area (Å²) in [7, 11) is 1.18. The van der Waals surface area contributed by atoms with Gasteiger partial charge in [0.2, 0.25) is 0 Å². The number of aryl methyl sites for hydroxylation is 1. The van der Waals surface area contributed by atoms with Gasteiger partial charge in [0.15, 0.2) is 5.49 Å². The highest BCUT2D eigenvalue weighted by Gasteiger charge is 2.16. The lowest BCUT2D eigenvalue weighted by Gasteiger charge is -2.15. The van der Waals surface area contributed by atoms with Gasteiger partial charge in [-0.3, -0.25) is 14.5 Å². The SMILES string of the molecule is COc1cccc2nc(CCS3=c4cn[nH]c4=NC=N3)n(Cc3ccccc3)c(=O)c12. The third-order valence-electron chi connectivity index (χ3n) is 5.15. The Bertz CT molecular complexity index is 1470. The molecule has 3 heterocycles. The maximum atomic E-state index is 13.5. The number of nitrogens with zero attached hydrogens (tertiary/aromatic N) is 5. The monoisotopic (exact) mass is 432 g/mol. The minimum Gasteiger partial charge on any atom is -0.496 e. The molecule has 1 N–H and O–H groups in total. The first kappa shape index (κ1) is 19.4. The van der Waals surface area contributed by atoms with Gasteiger partial charge in [-0.05, 0) is 17.7 Å². The van der Waals surface area contributed by atoms with E-state index in [2.05, 4.69) is 19.6 Å². The van der Waals surface area contributed by atoms with E-state index < -0.39 is 0 Å². The molecular weight excluding hydrogens is 412 g/mol. The molecule has 9 heteroatoms. The summed E-state index contributed by atoms with van der Waals surface area (Å²) < 4.78 is 12.7. The smallest absolute Gasteiger partial charge is 0.265 e. The number of ether oxygens (including phenoxy) is 1. The van der Waals surface area contributed by atoms with Crippen molar-refractivity contribution in [2.24, 2.45) is 9.39 Å². The summed E-state index contributed by atoms with van der Waals surface area (Å²) in [4.78, 5) is 22.6. The largest absolute Gasteiger partial charge is 0.496 e. The Morgan fingerprint density at radius 1 is 1.13 bits per heavy atom. The van der Waals surface area contributed by atoms with Gasteiger partial charge < -0.3 is 4.74 Å². The number of H-pyrrole nitrogens is 1. The van der Waals surface area contributed by atoms with Crippen molar-refractivity contribution >= 4 is 27.9 Å². The van der Waals surface area contributed by atoms with Gasteiger partial charge in [0.1, 0.15) is 23.3 Å². The number of benzene rings is 2. The molecule has 2 aromatic carbocycles. The number of fused-ring (bicyclic) bond motifs is 2. The lowest BCUT2D eigenvalue weighted by molar-refractivity contribution is 0.419. The Morgan fingerprint density at radius 3 is 2.84 bits per heavy atom. The van der Waals surface area contributed by atoms with Crippen molar-refractivity contribution in [2.45, 2.75) is 13.0 Å². The number of hydrogen-bond acceptors (Lipinski definition) is 6. The number of aromatic amines is 1. The first-order chi connectivity index (χ1) is 15.2. The maximum Gasteiger partial charge on any atom is 0.265 e. The standard InChI is InChI=1S/C22H20N6O2S/c1-30-17-9-5-8-16-20(17)22(29)28(13-15-6-3-2-4-7-15)19(26-16)10-11-31-18-12-24-27-21(18)23-14-25-31/h2-9,12,14H,10-11,13H2,1H3,(H,23,25,27). The summed E-state index contributed by atoms with van der Waals surface area (Å²) >= 11 is 0. The molecule has 2 aromatic heterocycles. The Labute approximate surface area is 180 Å². The predicted octanol–water partition coefficient (Wildman–Crippen LogP) is 2.52. The van der Waals surface area contributed by atoms with Crippen molar-refractivity contribution in [2.75, 3.05) is 12.9 Å². The van der Waals surface area contributed by atoms with Crippen molar-refractivity contribution in [3.05, 3.63) is 86.5 Å². The lowest BCUT2D eigenvalue weighted by Crippen LogP contribution is -2.27. The second-order valence-corrected chi connectivity index (χ2v) is 8.80. The molecule has 5 rings (SSSR count). The minimum absolute atomic E-state index is 0.101. The van der Waals surface area contributed by atoms with Gasteiger partial charge in [0.25, 0.3) is 5.56 Å². The number of nitrogens with one attached hydrogen (secondary N) is 1. The molecule has 1 aliphatic rings. The van der Waals surface area contributed by atoms with E-state index in [1.807, 2.05) is 42.5 Å². The number of rotatable bonds is 6. The molecule has 0 amide bonds. The third kappa shape index (κ3) is 3.68. The van der Waals surface area contributed by atoms with Gasteiger partial charge in [0.05, 0.1) is 29.9 Å². The van der Waals surface area contributed by atoms with Crippen LogP contribution in [-0.2, 0) is 13.0 Å². The highest BCUT2D eigenvalue weighted by Crippen LogP contribution is 2.24. The zero-order valence-corrected chi connectivity index (χ0v) is 17.7. The van der Waals surface area contributed by atoms with Crippen LogP contribution < -0.4 is 15.8 Å².